The lowest BCUT2D eigenvalue weighted by atomic mass is 10.0. The van der Waals surface area contributed by atoms with Crippen LogP contribution >= 0.6 is 23.2 Å². The fraction of sp³-hybridized carbons (Fsp3) is 0.0476. The molecule has 0 amide bonds. The second kappa shape index (κ2) is 7.59. The number of halogens is 4. The Bertz CT molecular complexity index is 1300. The van der Waals surface area contributed by atoms with Crippen LogP contribution in [0.3, 0.4) is 0 Å². The lowest BCUT2D eigenvalue weighted by Gasteiger charge is -2.06. The van der Waals surface area contributed by atoms with Crippen molar-refractivity contribution in [2.75, 3.05) is 0 Å². The van der Waals surface area contributed by atoms with Gasteiger partial charge < -0.3 is 10.2 Å². The van der Waals surface area contributed by atoms with Gasteiger partial charge in [0.2, 0.25) is 0 Å². The quantitative estimate of drug-likeness (QED) is 0.417. The van der Waals surface area contributed by atoms with Crippen molar-refractivity contribution in [3.05, 3.63) is 81.3 Å². The van der Waals surface area contributed by atoms with E-state index in [2.05, 4.69) is 5.10 Å². The summed E-state index contributed by atoms with van der Waals surface area (Å²) >= 11 is 12.1. The summed E-state index contributed by atoms with van der Waals surface area (Å²) in [5, 5.41) is 24.3. The third kappa shape index (κ3) is 3.58. The Kier molecular flexibility index (Phi) is 5.09. The number of nitrogens with zero attached hydrogens (tertiary/aromatic N) is 2. The molecule has 2 N–H and O–H groups in total. The molecule has 0 saturated heterocycles. The summed E-state index contributed by atoms with van der Waals surface area (Å²) in [5.74, 6) is -3.73. The van der Waals surface area contributed by atoms with Gasteiger partial charge in [-0.05, 0) is 48.0 Å². The van der Waals surface area contributed by atoms with Gasteiger partial charge in [0.05, 0.1) is 17.4 Å². The van der Waals surface area contributed by atoms with E-state index in [1.54, 1.807) is 24.3 Å². The Hall–Kier alpha value is -3.16. The van der Waals surface area contributed by atoms with Crippen LogP contribution in [-0.2, 0) is 6.54 Å². The topological polar surface area (TPSA) is 75.3 Å². The molecule has 5 nitrogen and oxygen atoms in total. The lowest BCUT2D eigenvalue weighted by Crippen LogP contribution is -2.02. The summed E-state index contributed by atoms with van der Waals surface area (Å²) < 4.78 is 30.8. The largest absolute Gasteiger partial charge is 0.507 e. The van der Waals surface area contributed by atoms with Crippen LogP contribution in [0.2, 0.25) is 10.0 Å². The third-order valence-electron chi connectivity index (χ3n) is 4.55. The van der Waals surface area contributed by atoms with Gasteiger partial charge in [0, 0.05) is 15.6 Å². The summed E-state index contributed by atoms with van der Waals surface area (Å²) in [4.78, 5) is 11.1. The van der Waals surface area contributed by atoms with Crippen molar-refractivity contribution < 1.29 is 23.8 Å². The molecule has 0 aliphatic carbocycles. The van der Waals surface area contributed by atoms with Crippen molar-refractivity contribution in [3.8, 4) is 17.0 Å². The smallest absolute Gasteiger partial charge is 0.339 e. The molecule has 3 aromatic carbocycles. The minimum Gasteiger partial charge on any atom is -0.507 e. The number of carboxylic acids is 1. The van der Waals surface area contributed by atoms with Crippen LogP contribution in [0.25, 0.3) is 22.2 Å². The van der Waals surface area contributed by atoms with Crippen LogP contribution in [0.5, 0.6) is 5.75 Å². The second-order valence-corrected chi connectivity index (χ2v) is 7.45. The van der Waals surface area contributed by atoms with Crippen molar-refractivity contribution in [1.29, 1.82) is 0 Å². The highest BCUT2D eigenvalue weighted by atomic mass is 35.5. The van der Waals surface area contributed by atoms with Gasteiger partial charge in [-0.25, -0.2) is 13.6 Å². The van der Waals surface area contributed by atoms with E-state index in [1.807, 2.05) is 0 Å². The molecule has 1 aromatic heterocycles. The Morgan fingerprint density at radius 2 is 1.73 bits per heavy atom. The minimum absolute atomic E-state index is 0.0343. The number of carbonyl (C=O) groups is 1. The van der Waals surface area contributed by atoms with Crippen molar-refractivity contribution in [2.45, 2.75) is 6.54 Å². The number of hydrogen-bond acceptors (Lipinski definition) is 3. The molecule has 152 valence electrons. The normalized spacial score (nSPS) is 11.2. The summed E-state index contributed by atoms with van der Waals surface area (Å²) in [6.07, 6.45) is 0. The molecule has 9 heteroatoms. The van der Waals surface area contributed by atoms with Crippen molar-refractivity contribution in [1.82, 2.24) is 9.78 Å². The van der Waals surface area contributed by atoms with Crippen LogP contribution in [0.1, 0.15) is 15.9 Å². The number of carboxylic acid groups (broad SMARTS) is 1. The summed E-state index contributed by atoms with van der Waals surface area (Å²) in [6, 6.07) is 10.8. The highest BCUT2D eigenvalue weighted by Crippen LogP contribution is 2.35. The number of benzene rings is 3. The maximum Gasteiger partial charge on any atom is 0.339 e. The summed E-state index contributed by atoms with van der Waals surface area (Å²) in [7, 11) is 0. The molecule has 0 fully saturated rings. The molecule has 4 rings (SSSR count). The van der Waals surface area contributed by atoms with E-state index in [-0.39, 0.29) is 23.2 Å². The molecule has 0 aliphatic rings. The van der Waals surface area contributed by atoms with Crippen molar-refractivity contribution in [2.24, 2.45) is 0 Å². The van der Waals surface area contributed by atoms with Gasteiger partial charge >= 0.3 is 5.97 Å². The van der Waals surface area contributed by atoms with Crippen molar-refractivity contribution in [3.63, 3.8) is 0 Å². The fourth-order valence-electron chi connectivity index (χ4n) is 3.29. The SMILES string of the molecule is O=C(O)c1cc(F)c(-c2nn(Cc3cc(Cl)cc(Cl)c3)c3cccc(F)c23)cc1O. The van der Waals surface area contributed by atoms with Gasteiger partial charge in [0.15, 0.2) is 0 Å². The molecule has 1 heterocycles. The predicted molar refractivity (Wildman–Crippen MR) is 109 cm³/mol. The van der Waals surface area contributed by atoms with E-state index < -0.39 is 28.9 Å². The van der Waals surface area contributed by atoms with E-state index in [4.69, 9.17) is 28.3 Å². The maximum absolute atomic E-state index is 14.7. The molecular weight excluding hydrogens is 437 g/mol. The highest BCUT2D eigenvalue weighted by Gasteiger charge is 2.22. The zero-order valence-corrected chi connectivity index (χ0v) is 16.5. The van der Waals surface area contributed by atoms with Gasteiger partial charge in [-0.1, -0.05) is 29.3 Å². The molecule has 4 aromatic rings. The van der Waals surface area contributed by atoms with Crippen LogP contribution in [-0.4, -0.2) is 26.0 Å². The Balaban J connectivity index is 1.92. The van der Waals surface area contributed by atoms with E-state index in [9.17, 15) is 18.7 Å². The number of fused-ring (bicyclic) bond motifs is 1. The molecular formula is C21H12Cl2F2N2O3. The third-order valence-corrected chi connectivity index (χ3v) is 4.99. The highest BCUT2D eigenvalue weighted by molar-refractivity contribution is 6.34. The van der Waals surface area contributed by atoms with Gasteiger partial charge in [-0.2, -0.15) is 5.10 Å². The molecule has 0 aliphatic heterocycles. The Morgan fingerprint density at radius 3 is 2.40 bits per heavy atom. The second-order valence-electron chi connectivity index (χ2n) is 6.57. The number of hydrogen-bond donors (Lipinski definition) is 2. The molecule has 0 bridgehead atoms. The van der Waals surface area contributed by atoms with Crippen LogP contribution in [0, 0.1) is 11.6 Å². The first-order valence-electron chi connectivity index (χ1n) is 8.61. The molecule has 0 unspecified atom stereocenters. The van der Waals surface area contributed by atoms with E-state index in [0.717, 1.165) is 6.07 Å². The zero-order chi connectivity index (χ0) is 21.6. The van der Waals surface area contributed by atoms with E-state index >= 15 is 0 Å². The number of rotatable bonds is 4. The van der Waals surface area contributed by atoms with Crippen molar-refractivity contribution >= 4 is 40.1 Å². The Labute approximate surface area is 178 Å². The molecule has 0 spiro atoms. The molecule has 0 saturated carbocycles. The van der Waals surface area contributed by atoms with Gasteiger partial charge in [-0.3, -0.25) is 4.68 Å². The van der Waals surface area contributed by atoms with E-state index in [1.165, 1.54) is 16.8 Å². The first-order valence-corrected chi connectivity index (χ1v) is 9.36. The average molecular weight is 449 g/mol. The van der Waals surface area contributed by atoms with Crippen LogP contribution < -0.4 is 0 Å². The van der Waals surface area contributed by atoms with Gasteiger partial charge in [-0.15, -0.1) is 0 Å². The molecule has 30 heavy (non-hydrogen) atoms. The number of phenols is 1. The standard InChI is InChI=1S/C21H12Cl2F2N2O3/c22-11-4-10(5-12(23)6-11)9-27-17-3-1-2-15(24)19(17)20(26-27)13-8-18(28)14(21(29)30)7-16(13)25/h1-8,28H,9H2,(H,29,30). The number of aromatic nitrogens is 2. The van der Waals surface area contributed by atoms with E-state index in [0.29, 0.717) is 27.2 Å². The maximum atomic E-state index is 14.7. The number of aromatic carboxylic acids is 1. The number of aromatic hydroxyl groups is 1. The van der Waals surface area contributed by atoms with Gasteiger partial charge in [0.25, 0.3) is 0 Å². The summed E-state index contributed by atoms with van der Waals surface area (Å²) in [6.45, 7) is 0.168. The van der Waals surface area contributed by atoms with Crippen LogP contribution in [0.15, 0.2) is 48.5 Å². The Morgan fingerprint density at radius 1 is 1.03 bits per heavy atom. The zero-order valence-electron chi connectivity index (χ0n) is 15.0. The first-order chi connectivity index (χ1) is 14.2. The van der Waals surface area contributed by atoms with Gasteiger partial charge in [0.1, 0.15) is 28.6 Å². The minimum atomic E-state index is -1.49. The summed E-state index contributed by atoms with van der Waals surface area (Å²) in [5.41, 5.74) is 0.171. The monoisotopic (exact) mass is 448 g/mol. The fourth-order valence-corrected chi connectivity index (χ4v) is 3.86. The first kappa shape index (κ1) is 20.1. The lowest BCUT2D eigenvalue weighted by molar-refractivity contribution is 0.0693. The predicted octanol–water partition coefficient (Wildman–Crippen LogP) is 5.74. The molecule has 0 radical (unpaired) electrons. The van der Waals surface area contributed by atoms with Crippen LogP contribution in [0.4, 0.5) is 8.78 Å². The molecule has 0 atom stereocenters. The average Bonchev–Trinajstić information content (AvgIpc) is 3.02.